The van der Waals surface area contributed by atoms with Gasteiger partial charge in [-0.15, -0.1) is 0 Å². The van der Waals surface area contributed by atoms with Crippen LogP contribution >= 0.6 is 0 Å². The minimum absolute atomic E-state index is 0.315. The first-order valence-corrected chi connectivity index (χ1v) is 5.80. The van der Waals surface area contributed by atoms with Crippen LogP contribution in [-0.4, -0.2) is 23.7 Å². The maximum Gasteiger partial charge on any atom is 0.331 e. The summed E-state index contributed by atoms with van der Waals surface area (Å²) in [7, 11) is 0. The van der Waals surface area contributed by atoms with Gasteiger partial charge >= 0.3 is 11.9 Å². The molecule has 96 valence electrons. The number of hydrogen-bond donors (Lipinski definition) is 1. The Kier molecular flexibility index (Phi) is 6.25. The van der Waals surface area contributed by atoms with Crippen LogP contribution in [-0.2, 0) is 20.7 Å². The third-order valence-electron chi connectivity index (χ3n) is 2.31. The Morgan fingerprint density at radius 2 is 1.83 bits per heavy atom. The molecule has 0 radical (unpaired) electrons. The number of carbonyl (C=O) groups excluding carboxylic acids is 1. The minimum Gasteiger partial charge on any atom is -0.478 e. The SMILES string of the molecule is O=C(O)/C=C\C(=O)OCCCCc1ccccc1. The smallest absolute Gasteiger partial charge is 0.331 e. The highest BCUT2D eigenvalue weighted by molar-refractivity contribution is 5.90. The zero-order chi connectivity index (χ0) is 13.2. The Morgan fingerprint density at radius 1 is 1.11 bits per heavy atom. The van der Waals surface area contributed by atoms with Gasteiger partial charge in [0.15, 0.2) is 0 Å². The molecule has 18 heavy (non-hydrogen) atoms. The molecule has 1 aromatic carbocycles. The molecule has 0 aliphatic rings. The van der Waals surface area contributed by atoms with Crippen molar-refractivity contribution < 1.29 is 19.4 Å². The number of esters is 1. The Bertz CT molecular complexity index is 409. The van der Waals surface area contributed by atoms with Crippen molar-refractivity contribution in [3.05, 3.63) is 48.0 Å². The summed E-state index contributed by atoms with van der Waals surface area (Å²) in [5.74, 6) is -1.77. The summed E-state index contributed by atoms with van der Waals surface area (Å²) in [5, 5.41) is 8.30. The second-order valence-electron chi connectivity index (χ2n) is 3.78. The Labute approximate surface area is 106 Å². The van der Waals surface area contributed by atoms with Crippen molar-refractivity contribution in [1.29, 1.82) is 0 Å². The lowest BCUT2D eigenvalue weighted by molar-refractivity contribution is -0.138. The monoisotopic (exact) mass is 248 g/mol. The predicted octanol–water partition coefficient (Wildman–Crippen LogP) is 2.19. The van der Waals surface area contributed by atoms with Crippen LogP contribution in [0.5, 0.6) is 0 Å². The number of carboxylic acids is 1. The maximum absolute atomic E-state index is 11.0. The molecule has 1 rings (SSSR count). The average molecular weight is 248 g/mol. The topological polar surface area (TPSA) is 63.6 Å². The van der Waals surface area contributed by atoms with E-state index < -0.39 is 11.9 Å². The van der Waals surface area contributed by atoms with Crippen molar-refractivity contribution in [3.8, 4) is 0 Å². The van der Waals surface area contributed by atoms with Gasteiger partial charge < -0.3 is 9.84 Å². The van der Waals surface area contributed by atoms with Gasteiger partial charge in [0, 0.05) is 12.2 Å². The van der Waals surface area contributed by atoms with E-state index in [1.54, 1.807) is 0 Å². The Morgan fingerprint density at radius 3 is 2.50 bits per heavy atom. The maximum atomic E-state index is 11.0. The van der Waals surface area contributed by atoms with Gasteiger partial charge in [0.25, 0.3) is 0 Å². The number of benzene rings is 1. The standard InChI is InChI=1S/C14H16O4/c15-13(16)9-10-14(17)18-11-5-4-8-12-6-2-1-3-7-12/h1-3,6-7,9-10H,4-5,8,11H2,(H,15,16)/b10-9-. The van der Waals surface area contributed by atoms with Crippen LogP contribution in [0.2, 0.25) is 0 Å². The summed E-state index contributed by atoms with van der Waals surface area (Å²) in [6.45, 7) is 0.315. The molecule has 0 heterocycles. The van der Waals surface area contributed by atoms with E-state index in [4.69, 9.17) is 9.84 Å². The van der Waals surface area contributed by atoms with Gasteiger partial charge in [-0.3, -0.25) is 0 Å². The average Bonchev–Trinajstić information content (AvgIpc) is 2.37. The largest absolute Gasteiger partial charge is 0.478 e. The fourth-order valence-electron chi connectivity index (χ4n) is 1.44. The molecule has 0 aromatic heterocycles. The summed E-state index contributed by atoms with van der Waals surface area (Å²) in [4.78, 5) is 21.2. The van der Waals surface area contributed by atoms with Crippen molar-refractivity contribution in [2.24, 2.45) is 0 Å². The lowest BCUT2D eigenvalue weighted by Crippen LogP contribution is -2.03. The first kappa shape index (κ1) is 14.0. The van der Waals surface area contributed by atoms with Crippen LogP contribution in [0.3, 0.4) is 0 Å². The van der Waals surface area contributed by atoms with Gasteiger partial charge in [0.1, 0.15) is 0 Å². The van der Waals surface area contributed by atoms with E-state index in [0.29, 0.717) is 6.61 Å². The van der Waals surface area contributed by atoms with Crippen LogP contribution in [0.15, 0.2) is 42.5 Å². The van der Waals surface area contributed by atoms with E-state index in [-0.39, 0.29) is 0 Å². The number of aliphatic carboxylic acids is 1. The summed E-state index contributed by atoms with van der Waals surface area (Å²) in [5.41, 5.74) is 1.26. The van der Waals surface area contributed by atoms with E-state index in [0.717, 1.165) is 31.4 Å². The Balaban J connectivity index is 2.09. The van der Waals surface area contributed by atoms with Crippen LogP contribution in [0.1, 0.15) is 18.4 Å². The highest BCUT2D eigenvalue weighted by atomic mass is 16.5. The van der Waals surface area contributed by atoms with Gasteiger partial charge in [-0.05, 0) is 24.8 Å². The van der Waals surface area contributed by atoms with Gasteiger partial charge in [0.2, 0.25) is 0 Å². The van der Waals surface area contributed by atoms with Gasteiger partial charge in [-0.2, -0.15) is 0 Å². The number of ether oxygens (including phenoxy) is 1. The molecule has 0 aliphatic carbocycles. The minimum atomic E-state index is -1.16. The number of carboxylic acid groups (broad SMARTS) is 1. The summed E-state index contributed by atoms with van der Waals surface area (Å²) >= 11 is 0. The zero-order valence-corrected chi connectivity index (χ0v) is 10.0. The molecule has 1 aromatic rings. The Hall–Kier alpha value is -2.10. The van der Waals surface area contributed by atoms with Crippen molar-refractivity contribution >= 4 is 11.9 Å². The van der Waals surface area contributed by atoms with E-state index in [1.807, 2.05) is 18.2 Å². The lowest BCUT2D eigenvalue weighted by atomic mass is 10.1. The van der Waals surface area contributed by atoms with E-state index in [9.17, 15) is 9.59 Å². The predicted molar refractivity (Wildman–Crippen MR) is 67.1 cm³/mol. The molecule has 0 aliphatic heterocycles. The fraction of sp³-hybridized carbons (Fsp3) is 0.286. The molecule has 0 spiro atoms. The highest BCUT2D eigenvalue weighted by Crippen LogP contribution is 2.04. The first-order valence-electron chi connectivity index (χ1n) is 5.80. The second-order valence-corrected chi connectivity index (χ2v) is 3.78. The quantitative estimate of drug-likeness (QED) is 0.456. The normalized spacial score (nSPS) is 10.4. The number of carbonyl (C=O) groups is 2. The molecule has 0 fully saturated rings. The molecule has 4 nitrogen and oxygen atoms in total. The number of aryl methyl sites for hydroxylation is 1. The van der Waals surface area contributed by atoms with Gasteiger partial charge in [-0.1, -0.05) is 30.3 Å². The molecule has 0 saturated heterocycles. The second kappa shape index (κ2) is 8.06. The molecule has 1 N–H and O–H groups in total. The van der Waals surface area contributed by atoms with E-state index >= 15 is 0 Å². The van der Waals surface area contributed by atoms with Gasteiger partial charge in [-0.25, -0.2) is 9.59 Å². The van der Waals surface area contributed by atoms with Crippen molar-refractivity contribution in [2.45, 2.75) is 19.3 Å². The summed E-state index contributed by atoms with van der Waals surface area (Å²) < 4.78 is 4.84. The molecular formula is C14H16O4. The van der Waals surface area contributed by atoms with Crippen molar-refractivity contribution in [1.82, 2.24) is 0 Å². The van der Waals surface area contributed by atoms with Gasteiger partial charge in [0.05, 0.1) is 6.61 Å². The highest BCUT2D eigenvalue weighted by Gasteiger charge is 1.98. The summed E-state index contributed by atoms with van der Waals surface area (Å²) in [6, 6.07) is 10.1. The van der Waals surface area contributed by atoms with Crippen molar-refractivity contribution in [2.75, 3.05) is 6.61 Å². The zero-order valence-electron chi connectivity index (χ0n) is 10.0. The molecule has 0 amide bonds. The van der Waals surface area contributed by atoms with Crippen LogP contribution in [0.25, 0.3) is 0 Å². The molecule has 0 atom stereocenters. The number of rotatable bonds is 7. The van der Waals surface area contributed by atoms with Crippen LogP contribution in [0.4, 0.5) is 0 Å². The van der Waals surface area contributed by atoms with Crippen LogP contribution < -0.4 is 0 Å². The first-order chi connectivity index (χ1) is 8.68. The third kappa shape index (κ3) is 6.48. The number of hydrogen-bond acceptors (Lipinski definition) is 3. The van der Waals surface area contributed by atoms with Crippen molar-refractivity contribution in [3.63, 3.8) is 0 Å². The van der Waals surface area contributed by atoms with E-state index in [2.05, 4.69) is 12.1 Å². The molecule has 4 heteroatoms. The number of unbranched alkanes of at least 4 members (excludes halogenated alkanes) is 1. The molecule has 0 bridgehead atoms. The lowest BCUT2D eigenvalue weighted by Gasteiger charge is -2.02. The summed E-state index contributed by atoms with van der Waals surface area (Å²) in [6.07, 6.45) is 4.33. The molecule has 0 saturated carbocycles. The van der Waals surface area contributed by atoms with Crippen LogP contribution in [0, 0.1) is 0 Å². The molecular weight excluding hydrogens is 232 g/mol. The fourth-order valence-corrected chi connectivity index (χ4v) is 1.44. The molecule has 0 unspecified atom stereocenters. The third-order valence-corrected chi connectivity index (χ3v) is 2.31. The van der Waals surface area contributed by atoms with E-state index in [1.165, 1.54) is 5.56 Å².